The van der Waals surface area contributed by atoms with E-state index in [1.165, 1.54) is 6.92 Å². The van der Waals surface area contributed by atoms with Crippen LogP contribution in [0.25, 0.3) is 0 Å². The molecule has 5 heteroatoms. The second kappa shape index (κ2) is 8.86. The Morgan fingerprint density at radius 3 is 2.42 bits per heavy atom. The predicted octanol–water partition coefficient (Wildman–Crippen LogP) is -0.920. The Balaban J connectivity index is 0. The molecule has 0 amide bonds. The zero-order valence-electron chi connectivity index (χ0n) is 7.06. The van der Waals surface area contributed by atoms with Crippen LogP contribution in [-0.4, -0.2) is 31.2 Å². The average molecular weight is 217 g/mol. The molecule has 0 bridgehead atoms. The van der Waals surface area contributed by atoms with E-state index in [1.54, 1.807) is 0 Å². The van der Waals surface area contributed by atoms with Crippen molar-refractivity contribution in [3.63, 3.8) is 0 Å². The standard InChI is InChI=1S/C7H14N2O2.Co/c1-6(10)4-7(11)5-9-3-2-8;/h9H,2-5,8H2,1H3;. The molecule has 0 aliphatic heterocycles. The van der Waals surface area contributed by atoms with E-state index < -0.39 is 0 Å². The largest absolute Gasteiger partial charge is 0.329 e. The van der Waals surface area contributed by atoms with Gasteiger partial charge in [-0.25, -0.2) is 0 Å². The number of Topliss-reactive ketones (excluding diaryl/α,β-unsaturated/α-hetero) is 2. The Morgan fingerprint density at radius 1 is 1.42 bits per heavy atom. The number of carbonyl (C=O) groups excluding carboxylic acids is 2. The van der Waals surface area contributed by atoms with Crippen molar-refractivity contribution in [2.45, 2.75) is 13.3 Å². The van der Waals surface area contributed by atoms with Crippen LogP contribution in [0.4, 0.5) is 0 Å². The second-order valence-electron chi connectivity index (χ2n) is 2.38. The van der Waals surface area contributed by atoms with E-state index in [-0.39, 0.29) is 41.3 Å². The number of hydrogen-bond donors (Lipinski definition) is 2. The summed E-state index contributed by atoms with van der Waals surface area (Å²) in [6, 6.07) is 0. The predicted molar refractivity (Wildman–Crippen MR) is 42.2 cm³/mol. The van der Waals surface area contributed by atoms with Gasteiger partial charge in [0.1, 0.15) is 5.78 Å². The zero-order valence-corrected chi connectivity index (χ0v) is 8.10. The van der Waals surface area contributed by atoms with Gasteiger partial charge in [0.2, 0.25) is 0 Å². The molecule has 0 heterocycles. The Bertz CT molecular complexity index is 150. The summed E-state index contributed by atoms with van der Waals surface area (Å²) >= 11 is 0. The fourth-order valence-electron chi connectivity index (χ4n) is 0.670. The first-order chi connectivity index (χ1) is 5.16. The van der Waals surface area contributed by atoms with Gasteiger partial charge < -0.3 is 11.1 Å². The molecule has 0 rings (SSSR count). The molecule has 0 aromatic rings. The van der Waals surface area contributed by atoms with E-state index in [9.17, 15) is 9.59 Å². The third-order valence-corrected chi connectivity index (χ3v) is 1.09. The van der Waals surface area contributed by atoms with Crippen LogP contribution in [0.15, 0.2) is 0 Å². The normalized spacial score (nSPS) is 8.83. The Morgan fingerprint density at radius 2 is 2.00 bits per heavy atom. The van der Waals surface area contributed by atoms with Crippen molar-refractivity contribution < 1.29 is 26.4 Å². The van der Waals surface area contributed by atoms with Gasteiger partial charge in [0, 0.05) is 29.9 Å². The average Bonchev–Trinajstić information content (AvgIpc) is 1.86. The first-order valence-corrected chi connectivity index (χ1v) is 3.58. The molecule has 3 N–H and O–H groups in total. The Hall–Kier alpha value is -0.234. The van der Waals surface area contributed by atoms with Crippen molar-refractivity contribution in [2.75, 3.05) is 19.6 Å². The number of nitrogens with one attached hydrogen (secondary N) is 1. The SMILES string of the molecule is CC(=O)CC(=O)CNCCN.[Co]. The van der Waals surface area contributed by atoms with E-state index in [2.05, 4.69) is 5.32 Å². The van der Waals surface area contributed by atoms with Crippen LogP contribution in [-0.2, 0) is 26.4 Å². The van der Waals surface area contributed by atoms with Crippen molar-refractivity contribution in [3.05, 3.63) is 0 Å². The number of nitrogens with two attached hydrogens (primary N) is 1. The van der Waals surface area contributed by atoms with Crippen LogP contribution in [0.2, 0.25) is 0 Å². The summed E-state index contributed by atoms with van der Waals surface area (Å²) in [7, 11) is 0. The molecule has 0 aliphatic rings. The number of carbonyl (C=O) groups is 2. The van der Waals surface area contributed by atoms with Gasteiger partial charge >= 0.3 is 0 Å². The molecule has 0 aromatic heterocycles. The number of rotatable bonds is 6. The summed E-state index contributed by atoms with van der Waals surface area (Å²) in [5.74, 6) is -0.171. The molecule has 73 valence electrons. The number of ketones is 2. The molecule has 0 unspecified atom stereocenters. The van der Waals surface area contributed by atoms with Crippen LogP contribution in [0.1, 0.15) is 13.3 Å². The summed E-state index contributed by atoms with van der Waals surface area (Å²) in [5, 5.41) is 2.81. The Labute approximate surface area is 82.5 Å². The first-order valence-electron chi connectivity index (χ1n) is 3.58. The molecule has 4 nitrogen and oxygen atoms in total. The van der Waals surface area contributed by atoms with E-state index in [0.29, 0.717) is 13.1 Å². The van der Waals surface area contributed by atoms with E-state index in [1.807, 2.05) is 0 Å². The van der Waals surface area contributed by atoms with Gasteiger partial charge in [0.25, 0.3) is 0 Å². The van der Waals surface area contributed by atoms with Crippen molar-refractivity contribution >= 4 is 11.6 Å². The van der Waals surface area contributed by atoms with Crippen molar-refractivity contribution in [3.8, 4) is 0 Å². The monoisotopic (exact) mass is 217 g/mol. The van der Waals surface area contributed by atoms with Gasteiger partial charge in [-0.1, -0.05) is 0 Å². The van der Waals surface area contributed by atoms with E-state index in [4.69, 9.17) is 5.73 Å². The van der Waals surface area contributed by atoms with E-state index in [0.717, 1.165) is 0 Å². The molecule has 1 radical (unpaired) electrons. The first kappa shape index (κ1) is 14.3. The van der Waals surface area contributed by atoms with Crippen LogP contribution in [0.3, 0.4) is 0 Å². The van der Waals surface area contributed by atoms with Gasteiger partial charge in [0.15, 0.2) is 5.78 Å². The van der Waals surface area contributed by atoms with Crippen LogP contribution in [0.5, 0.6) is 0 Å². The molecule has 0 saturated heterocycles. The van der Waals surface area contributed by atoms with Gasteiger partial charge in [0.05, 0.1) is 13.0 Å². The minimum Gasteiger partial charge on any atom is -0.329 e. The van der Waals surface area contributed by atoms with Crippen LogP contribution < -0.4 is 11.1 Å². The molecule has 0 atom stereocenters. The maximum Gasteiger partial charge on any atom is 0.153 e. The van der Waals surface area contributed by atoms with Gasteiger partial charge in [-0.2, -0.15) is 0 Å². The number of hydrogen-bond acceptors (Lipinski definition) is 4. The molecule has 0 aliphatic carbocycles. The topological polar surface area (TPSA) is 72.2 Å². The van der Waals surface area contributed by atoms with Gasteiger partial charge in [-0.05, 0) is 6.92 Å². The van der Waals surface area contributed by atoms with Crippen molar-refractivity contribution in [1.82, 2.24) is 5.32 Å². The summed E-state index contributed by atoms with van der Waals surface area (Å²) < 4.78 is 0. The molecular weight excluding hydrogens is 203 g/mol. The van der Waals surface area contributed by atoms with Crippen LogP contribution in [0, 0.1) is 0 Å². The summed E-state index contributed by atoms with van der Waals surface area (Å²) in [5.41, 5.74) is 5.18. The van der Waals surface area contributed by atoms with Gasteiger partial charge in [-0.3, -0.25) is 9.59 Å². The molecule has 0 spiro atoms. The zero-order chi connectivity index (χ0) is 8.69. The molecule has 12 heavy (non-hydrogen) atoms. The fourth-order valence-corrected chi connectivity index (χ4v) is 0.670. The molecule has 0 aromatic carbocycles. The smallest absolute Gasteiger partial charge is 0.153 e. The molecule has 0 saturated carbocycles. The second-order valence-corrected chi connectivity index (χ2v) is 2.38. The molecule has 0 fully saturated rings. The third-order valence-electron chi connectivity index (χ3n) is 1.09. The minimum absolute atomic E-state index is 0. The third kappa shape index (κ3) is 9.77. The quantitative estimate of drug-likeness (QED) is 0.446. The Kier molecular flexibility index (Phi) is 10.6. The minimum atomic E-state index is -0.0930. The van der Waals surface area contributed by atoms with Crippen molar-refractivity contribution in [2.24, 2.45) is 5.73 Å². The van der Waals surface area contributed by atoms with Gasteiger partial charge in [-0.15, -0.1) is 0 Å². The summed E-state index contributed by atoms with van der Waals surface area (Å²) in [6.07, 6.45) is 0.0254. The summed E-state index contributed by atoms with van der Waals surface area (Å²) in [4.78, 5) is 21.2. The maximum absolute atomic E-state index is 10.8. The van der Waals surface area contributed by atoms with Crippen molar-refractivity contribution in [1.29, 1.82) is 0 Å². The van der Waals surface area contributed by atoms with Crippen LogP contribution >= 0.6 is 0 Å². The summed E-state index contributed by atoms with van der Waals surface area (Å²) in [6.45, 7) is 2.77. The maximum atomic E-state index is 10.8. The van der Waals surface area contributed by atoms with E-state index >= 15 is 0 Å². The molecular formula is C7H14CoN2O2. The fraction of sp³-hybridized carbons (Fsp3) is 0.714.